The number of sulfonamides is 1. The summed E-state index contributed by atoms with van der Waals surface area (Å²) in [5.74, 6) is 2.62. The Morgan fingerprint density at radius 1 is 0.977 bits per heavy atom. The van der Waals surface area contributed by atoms with E-state index in [2.05, 4.69) is 25.2 Å². The minimum Gasteiger partial charge on any atom is -0.497 e. The number of aromatic nitrogens is 3. The summed E-state index contributed by atoms with van der Waals surface area (Å²) >= 11 is 0. The number of methoxy groups -OCH3 is 1. The summed E-state index contributed by atoms with van der Waals surface area (Å²) in [5.41, 5.74) is 1.35. The molecule has 1 aromatic carbocycles. The quantitative estimate of drug-likeness (QED) is 0.289. The van der Waals surface area contributed by atoms with Gasteiger partial charge in [0.2, 0.25) is 15.9 Å². The van der Waals surface area contributed by atoms with Crippen molar-refractivity contribution in [3.63, 3.8) is 0 Å². The van der Waals surface area contributed by atoms with Gasteiger partial charge in [0, 0.05) is 57.4 Å². The van der Waals surface area contributed by atoms with Gasteiger partial charge in [0.25, 0.3) is 0 Å². The van der Waals surface area contributed by atoms with Crippen LogP contribution >= 0.6 is 0 Å². The maximum absolute atomic E-state index is 13.7. The molecule has 43 heavy (non-hydrogen) atoms. The van der Waals surface area contributed by atoms with E-state index in [9.17, 15) is 8.42 Å². The summed E-state index contributed by atoms with van der Waals surface area (Å²) in [6, 6.07) is 8.78. The molecule has 0 bridgehead atoms. The second-order valence-corrected chi connectivity index (χ2v) is 13.0. The number of hydrogen-bond acceptors (Lipinski definition) is 10. The molecule has 4 heterocycles. The molecule has 3 aromatic rings. The molecule has 0 unspecified atom stereocenters. The van der Waals surface area contributed by atoms with Crippen LogP contribution in [0.3, 0.4) is 0 Å². The summed E-state index contributed by atoms with van der Waals surface area (Å²) in [5, 5.41) is 3.43. The summed E-state index contributed by atoms with van der Waals surface area (Å²) in [7, 11) is -2.11. The van der Waals surface area contributed by atoms with E-state index in [0.717, 1.165) is 57.6 Å². The topological polar surface area (TPSA) is 119 Å². The first kappa shape index (κ1) is 31.1. The van der Waals surface area contributed by atoms with Gasteiger partial charge in [0.05, 0.1) is 24.6 Å². The van der Waals surface area contributed by atoms with E-state index in [-0.39, 0.29) is 18.8 Å². The number of nitrogens with zero attached hydrogens (tertiary/aromatic N) is 5. The minimum absolute atomic E-state index is 0.234. The second kappa shape index (κ2) is 14.4. The molecule has 12 heteroatoms. The lowest BCUT2D eigenvalue weighted by Gasteiger charge is -2.32. The largest absolute Gasteiger partial charge is 0.497 e. The number of hydrogen-bond donors (Lipinski definition) is 1. The zero-order chi connectivity index (χ0) is 30.2. The zero-order valence-corrected chi connectivity index (χ0v) is 26.1. The maximum Gasteiger partial charge on any atom is 0.243 e. The summed E-state index contributed by atoms with van der Waals surface area (Å²) in [4.78, 5) is 15.7. The highest BCUT2D eigenvalue weighted by Gasteiger charge is 2.37. The van der Waals surface area contributed by atoms with Crippen LogP contribution in [-0.4, -0.2) is 91.2 Å². The first-order chi connectivity index (χ1) is 20.8. The van der Waals surface area contributed by atoms with Gasteiger partial charge in [0.15, 0.2) is 0 Å². The van der Waals surface area contributed by atoms with Gasteiger partial charge in [-0.15, -0.1) is 0 Å². The molecule has 0 saturated carbocycles. The number of ether oxygens (including phenoxy) is 3. The number of likely N-dealkylation sites (tertiary alicyclic amines) is 1. The van der Waals surface area contributed by atoms with Crippen LogP contribution in [0.5, 0.6) is 17.4 Å². The lowest BCUT2D eigenvalue weighted by Crippen LogP contribution is -2.41. The Balaban J connectivity index is 1.07. The normalized spacial score (nSPS) is 18.5. The van der Waals surface area contributed by atoms with Crippen LogP contribution in [0, 0.1) is 13.8 Å². The van der Waals surface area contributed by atoms with Crippen molar-refractivity contribution in [3.05, 3.63) is 65.9 Å². The Labute approximate surface area is 254 Å². The number of aryl methyl sites for hydroxylation is 2. The number of benzene rings is 1. The van der Waals surface area contributed by atoms with Crippen LogP contribution in [0.4, 0.5) is 0 Å². The number of nitrogens with one attached hydrogen (secondary N) is 1. The van der Waals surface area contributed by atoms with Crippen LogP contribution in [0.15, 0.2) is 53.8 Å². The predicted octanol–water partition coefficient (Wildman–Crippen LogP) is 3.36. The standard InChI is InChI=1S/C31H42N6O5S/c1-23-19-28(40-3)20-24(2)31(23)43(38,39)37-15-4-5-25(37)22-41-30-8-13-34-29(35-30)21-33-14-18-36-16-9-27(10-17-36)42-26-6-11-32-12-7-26/h6-8,11-13,19-20,25,27,33H,4-5,9-10,14-18,21-22H2,1-3H3/t25-/m0/s1. The Morgan fingerprint density at radius 2 is 1.72 bits per heavy atom. The van der Waals surface area contributed by atoms with Gasteiger partial charge in [-0.3, -0.25) is 4.98 Å². The molecule has 1 N–H and O–H groups in total. The smallest absolute Gasteiger partial charge is 0.243 e. The van der Waals surface area contributed by atoms with E-state index >= 15 is 0 Å². The van der Waals surface area contributed by atoms with Crippen LogP contribution in [0.25, 0.3) is 0 Å². The molecule has 11 nitrogen and oxygen atoms in total. The summed E-state index contributed by atoms with van der Waals surface area (Å²) in [6.45, 7) is 8.62. The van der Waals surface area contributed by atoms with E-state index in [1.54, 1.807) is 48.2 Å². The van der Waals surface area contributed by atoms with E-state index in [0.29, 0.717) is 46.6 Å². The number of pyridine rings is 1. The highest BCUT2D eigenvalue weighted by atomic mass is 32.2. The first-order valence-corrected chi connectivity index (χ1v) is 16.4. The summed E-state index contributed by atoms with van der Waals surface area (Å²) < 4.78 is 46.3. The van der Waals surface area contributed by atoms with Crippen LogP contribution in [0.2, 0.25) is 0 Å². The third-order valence-electron chi connectivity index (χ3n) is 8.04. The van der Waals surface area contributed by atoms with Gasteiger partial charge in [-0.25, -0.2) is 13.4 Å². The molecule has 2 aliphatic heterocycles. The zero-order valence-electron chi connectivity index (χ0n) is 25.2. The van der Waals surface area contributed by atoms with Crippen molar-refractivity contribution in [1.82, 2.24) is 29.5 Å². The molecule has 2 aliphatic rings. The lowest BCUT2D eigenvalue weighted by atomic mass is 10.1. The molecule has 0 amide bonds. The van der Waals surface area contributed by atoms with Crippen LogP contribution in [-0.2, 0) is 16.6 Å². The van der Waals surface area contributed by atoms with Gasteiger partial charge in [0.1, 0.15) is 30.0 Å². The lowest BCUT2D eigenvalue weighted by molar-refractivity contribution is 0.101. The maximum atomic E-state index is 13.7. The van der Waals surface area contributed by atoms with Crippen molar-refractivity contribution in [2.45, 2.75) is 63.1 Å². The van der Waals surface area contributed by atoms with E-state index in [1.807, 2.05) is 26.0 Å². The third-order valence-corrected chi connectivity index (χ3v) is 10.3. The Morgan fingerprint density at radius 3 is 2.44 bits per heavy atom. The average Bonchev–Trinajstić information content (AvgIpc) is 3.49. The van der Waals surface area contributed by atoms with Crippen LogP contribution < -0.4 is 19.5 Å². The van der Waals surface area contributed by atoms with Crippen molar-refractivity contribution in [2.75, 3.05) is 46.4 Å². The van der Waals surface area contributed by atoms with Crippen molar-refractivity contribution >= 4 is 10.0 Å². The van der Waals surface area contributed by atoms with E-state index in [1.165, 1.54) is 0 Å². The molecule has 2 fully saturated rings. The third kappa shape index (κ3) is 7.99. The number of piperidine rings is 1. The first-order valence-electron chi connectivity index (χ1n) is 14.9. The van der Waals surface area contributed by atoms with Crippen molar-refractivity contribution in [3.8, 4) is 17.4 Å². The summed E-state index contributed by atoms with van der Waals surface area (Å²) in [6.07, 6.45) is 8.97. The van der Waals surface area contributed by atoms with Crippen molar-refractivity contribution in [2.24, 2.45) is 0 Å². The number of rotatable bonds is 13. The molecule has 2 saturated heterocycles. The highest BCUT2D eigenvalue weighted by molar-refractivity contribution is 7.89. The molecule has 0 aliphatic carbocycles. The SMILES string of the molecule is COc1cc(C)c(S(=O)(=O)N2CCC[C@H]2COc2ccnc(CNCCN3CCC(Oc4ccncc4)CC3)n2)c(C)c1. The van der Waals surface area contributed by atoms with Crippen LogP contribution in [0.1, 0.15) is 42.6 Å². The molecular formula is C31H42N6O5S. The molecular weight excluding hydrogens is 568 g/mol. The molecule has 5 rings (SSSR count). The average molecular weight is 611 g/mol. The fourth-order valence-corrected chi connectivity index (χ4v) is 7.96. The van der Waals surface area contributed by atoms with Gasteiger partial charge in [-0.1, -0.05) is 0 Å². The van der Waals surface area contributed by atoms with Crippen molar-refractivity contribution in [1.29, 1.82) is 0 Å². The van der Waals surface area contributed by atoms with Gasteiger partial charge in [-0.2, -0.15) is 9.29 Å². The fourth-order valence-electron chi connectivity index (χ4n) is 5.87. The van der Waals surface area contributed by atoms with Gasteiger partial charge >= 0.3 is 0 Å². The monoisotopic (exact) mass is 610 g/mol. The highest BCUT2D eigenvalue weighted by Crippen LogP contribution is 2.32. The minimum atomic E-state index is -3.69. The Kier molecular flexibility index (Phi) is 10.4. The fraction of sp³-hybridized carbons (Fsp3) is 0.516. The van der Waals surface area contributed by atoms with Gasteiger partial charge < -0.3 is 24.4 Å². The Bertz CT molecular complexity index is 1430. The van der Waals surface area contributed by atoms with E-state index < -0.39 is 10.0 Å². The van der Waals surface area contributed by atoms with Gasteiger partial charge in [-0.05, 0) is 74.9 Å². The van der Waals surface area contributed by atoms with Crippen molar-refractivity contribution < 1.29 is 22.6 Å². The Hall–Kier alpha value is -3.32. The molecule has 1 atom stereocenters. The molecule has 232 valence electrons. The molecule has 0 radical (unpaired) electrons. The molecule has 0 spiro atoms. The predicted molar refractivity (Wildman–Crippen MR) is 163 cm³/mol. The van der Waals surface area contributed by atoms with E-state index in [4.69, 9.17) is 14.2 Å². The molecule has 2 aromatic heterocycles. The second-order valence-electron chi connectivity index (χ2n) is 11.1.